The largest absolute Gasteiger partial charge is 0.349 e. The van der Waals surface area contributed by atoms with E-state index >= 15 is 0 Å². The Kier molecular flexibility index (Phi) is 3.46. The highest BCUT2D eigenvalue weighted by Crippen LogP contribution is 2.28. The zero-order chi connectivity index (χ0) is 14.2. The third kappa shape index (κ3) is 2.48. The Hall–Kier alpha value is -1.35. The van der Waals surface area contributed by atoms with Crippen LogP contribution in [0.1, 0.15) is 47.2 Å². The van der Waals surface area contributed by atoms with Crippen molar-refractivity contribution in [3.05, 3.63) is 34.9 Å². The predicted molar refractivity (Wildman–Crippen MR) is 83.5 cm³/mol. The predicted octanol–water partition coefficient (Wildman–Crippen LogP) is 2.39. The van der Waals surface area contributed by atoms with Crippen molar-refractivity contribution in [3.8, 4) is 0 Å². The molecule has 3 heteroatoms. The van der Waals surface area contributed by atoms with Crippen LogP contribution >= 0.6 is 0 Å². The summed E-state index contributed by atoms with van der Waals surface area (Å²) in [6.07, 6.45) is 7.08. The molecule has 21 heavy (non-hydrogen) atoms. The highest BCUT2D eigenvalue weighted by atomic mass is 16.1. The lowest BCUT2D eigenvalue weighted by Crippen LogP contribution is -2.53. The van der Waals surface area contributed by atoms with Crippen molar-refractivity contribution in [1.29, 1.82) is 0 Å². The molecule has 2 saturated heterocycles. The van der Waals surface area contributed by atoms with E-state index in [1.165, 1.54) is 43.5 Å². The van der Waals surface area contributed by atoms with Crippen LogP contribution in [0.15, 0.2) is 18.2 Å². The number of carbonyl (C=O) groups excluding carboxylic acids is 1. The van der Waals surface area contributed by atoms with Crippen molar-refractivity contribution < 1.29 is 4.79 Å². The highest BCUT2D eigenvalue weighted by molar-refractivity contribution is 5.96. The maximum atomic E-state index is 12.7. The normalized spacial score (nSPS) is 30.8. The third-order valence-corrected chi connectivity index (χ3v) is 5.57. The van der Waals surface area contributed by atoms with Gasteiger partial charge < -0.3 is 10.2 Å². The number of amides is 1. The van der Waals surface area contributed by atoms with Gasteiger partial charge >= 0.3 is 0 Å². The second-order valence-corrected chi connectivity index (χ2v) is 6.87. The van der Waals surface area contributed by atoms with Crippen LogP contribution in [0.3, 0.4) is 0 Å². The second kappa shape index (κ2) is 5.45. The van der Waals surface area contributed by atoms with Gasteiger partial charge in [0.15, 0.2) is 0 Å². The molecule has 1 aromatic carbocycles. The summed E-state index contributed by atoms with van der Waals surface area (Å²) in [6, 6.07) is 6.61. The molecule has 2 heterocycles. The molecule has 0 aromatic heterocycles. The first-order valence-electron chi connectivity index (χ1n) is 8.45. The first kappa shape index (κ1) is 13.3. The number of aryl methyl sites for hydroxylation is 1. The molecule has 0 saturated carbocycles. The SMILES string of the molecule is O=C(NC1CCN2CCCC1C2)c1cccc2c1CCC2. The molecule has 3 nitrogen and oxygen atoms in total. The number of fused-ring (bicyclic) bond motifs is 3. The number of piperidine rings is 2. The molecule has 4 rings (SSSR count). The van der Waals surface area contributed by atoms with Crippen LogP contribution in [0.2, 0.25) is 0 Å². The molecule has 3 aliphatic rings. The van der Waals surface area contributed by atoms with Crippen LogP contribution in [0.5, 0.6) is 0 Å². The fraction of sp³-hybridized carbons (Fsp3) is 0.611. The molecule has 2 bridgehead atoms. The maximum absolute atomic E-state index is 12.7. The number of benzene rings is 1. The Morgan fingerprint density at radius 3 is 3.05 bits per heavy atom. The fourth-order valence-electron chi connectivity index (χ4n) is 4.45. The smallest absolute Gasteiger partial charge is 0.251 e. The average molecular weight is 284 g/mol. The van der Waals surface area contributed by atoms with Crippen molar-refractivity contribution in [2.75, 3.05) is 19.6 Å². The fourth-order valence-corrected chi connectivity index (χ4v) is 4.45. The summed E-state index contributed by atoms with van der Waals surface area (Å²) in [5.41, 5.74) is 3.62. The number of rotatable bonds is 2. The Morgan fingerprint density at radius 2 is 2.10 bits per heavy atom. The summed E-state index contributed by atoms with van der Waals surface area (Å²) >= 11 is 0. The van der Waals surface area contributed by atoms with Gasteiger partial charge in [0, 0.05) is 24.7 Å². The molecule has 112 valence electrons. The van der Waals surface area contributed by atoms with Gasteiger partial charge in [0.2, 0.25) is 0 Å². The monoisotopic (exact) mass is 284 g/mol. The van der Waals surface area contributed by atoms with Gasteiger partial charge in [-0.1, -0.05) is 12.1 Å². The summed E-state index contributed by atoms with van der Waals surface area (Å²) in [7, 11) is 0. The van der Waals surface area contributed by atoms with E-state index in [4.69, 9.17) is 0 Å². The standard InChI is InChI=1S/C18H24N2O/c21-18(16-8-2-5-13-4-1-7-15(13)16)19-17-9-11-20-10-3-6-14(17)12-20/h2,5,8,14,17H,1,3-4,6-7,9-12H2,(H,19,21). The van der Waals surface area contributed by atoms with Gasteiger partial charge in [-0.05, 0) is 68.2 Å². The lowest BCUT2D eigenvalue weighted by molar-refractivity contribution is 0.0738. The molecular weight excluding hydrogens is 260 g/mol. The van der Waals surface area contributed by atoms with Crippen LogP contribution in [0, 0.1) is 5.92 Å². The van der Waals surface area contributed by atoms with Crippen molar-refractivity contribution in [2.24, 2.45) is 5.92 Å². The van der Waals surface area contributed by atoms with Gasteiger partial charge in [-0.25, -0.2) is 0 Å². The first-order valence-corrected chi connectivity index (χ1v) is 8.45. The van der Waals surface area contributed by atoms with Crippen molar-refractivity contribution in [2.45, 2.75) is 44.6 Å². The summed E-state index contributed by atoms with van der Waals surface area (Å²) < 4.78 is 0. The van der Waals surface area contributed by atoms with Crippen LogP contribution < -0.4 is 5.32 Å². The molecule has 1 amide bonds. The van der Waals surface area contributed by atoms with Gasteiger partial charge in [-0.3, -0.25) is 4.79 Å². The minimum Gasteiger partial charge on any atom is -0.349 e. The first-order chi connectivity index (χ1) is 10.3. The quantitative estimate of drug-likeness (QED) is 0.904. The van der Waals surface area contributed by atoms with Gasteiger partial charge in [0.1, 0.15) is 0 Å². The zero-order valence-electron chi connectivity index (χ0n) is 12.6. The Balaban J connectivity index is 1.50. The van der Waals surface area contributed by atoms with E-state index in [1.54, 1.807) is 0 Å². The lowest BCUT2D eigenvalue weighted by atomic mass is 9.85. The van der Waals surface area contributed by atoms with E-state index < -0.39 is 0 Å². The minimum absolute atomic E-state index is 0.165. The van der Waals surface area contributed by atoms with Gasteiger partial charge in [-0.15, -0.1) is 0 Å². The third-order valence-electron chi connectivity index (χ3n) is 5.57. The molecule has 3 atom stereocenters. The lowest BCUT2D eigenvalue weighted by Gasteiger charge is -2.42. The van der Waals surface area contributed by atoms with Crippen LogP contribution in [-0.4, -0.2) is 36.5 Å². The minimum atomic E-state index is 0.165. The molecule has 2 aliphatic heterocycles. The molecule has 1 N–H and O–H groups in total. The molecule has 3 unspecified atom stereocenters. The van der Waals surface area contributed by atoms with Gasteiger partial charge in [0.05, 0.1) is 0 Å². The Labute approximate surface area is 126 Å². The van der Waals surface area contributed by atoms with Crippen LogP contribution in [0.25, 0.3) is 0 Å². The maximum Gasteiger partial charge on any atom is 0.251 e. The number of hydrogen-bond acceptors (Lipinski definition) is 2. The van der Waals surface area contributed by atoms with Crippen molar-refractivity contribution in [1.82, 2.24) is 10.2 Å². The van der Waals surface area contributed by atoms with E-state index in [9.17, 15) is 4.79 Å². The van der Waals surface area contributed by atoms with Crippen LogP contribution in [0.4, 0.5) is 0 Å². The summed E-state index contributed by atoms with van der Waals surface area (Å²) in [4.78, 5) is 15.3. The molecule has 1 aromatic rings. The Morgan fingerprint density at radius 1 is 1.14 bits per heavy atom. The molecule has 2 fully saturated rings. The number of nitrogens with one attached hydrogen (secondary N) is 1. The molecular formula is C18H24N2O. The summed E-state index contributed by atoms with van der Waals surface area (Å²) in [6.45, 7) is 3.58. The summed E-state index contributed by atoms with van der Waals surface area (Å²) in [5, 5.41) is 3.35. The molecule has 1 aliphatic carbocycles. The van der Waals surface area contributed by atoms with Crippen LogP contribution in [-0.2, 0) is 12.8 Å². The van der Waals surface area contributed by atoms with E-state index in [-0.39, 0.29) is 5.91 Å². The number of nitrogens with zero attached hydrogens (tertiary/aromatic N) is 1. The van der Waals surface area contributed by atoms with Crippen molar-refractivity contribution >= 4 is 5.91 Å². The van der Waals surface area contributed by atoms with E-state index in [0.717, 1.165) is 31.4 Å². The Bertz CT molecular complexity index is 554. The van der Waals surface area contributed by atoms with Crippen molar-refractivity contribution in [3.63, 3.8) is 0 Å². The van der Waals surface area contributed by atoms with E-state index in [0.29, 0.717) is 12.0 Å². The summed E-state index contributed by atoms with van der Waals surface area (Å²) in [5.74, 6) is 0.825. The zero-order valence-corrected chi connectivity index (χ0v) is 12.6. The molecule has 0 radical (unpaired) electrons. The average Bonchev–Trinajstić information content (AvgIpc) is 2.99. The number of carbonyl (C=O) groups is 1. The number of hydrogen-bond donors (Lipinski definition) is 1. The van der Waals surface area contributed by atoms with E-state index in [2.05, 4.69) is 16.3 Å². The second-order valence-electron chi connectivity index (χ2n) is 6.87. The highest BCUT2D eigenvalue weighted by Gasteiger charge is 2.33. The topological polar surface area (TPSA) is 32.3 Å². The van der Waals surface area contributed by atoms with E-state index in [1.807, 2.05) is 12.1 Å². The van der Waals surface area contributed by atoms with Gasteiger partial charge in [-0.2, -0.15) is 0 Å². The molecule has 0 spiro atoms. The van der Waals surface area contributed by atoms with Gasteiger partial charge in [0.25, 0.3) is 5.91 Å².